The Morgan fingerprint density at radius 3 is 2.73 bits per heavy atom. The van der Waals surface area contributed by atoms with Crippen LogP contribution in [0.2, 0.25) is 0 Å². The maximum Gasteiger partial charge on any atom is 0.249 e. The Morgan fingerprint density at radius 2 is 2.08 bits per heavy atom. The first-order chi connectivity index (χ1) is 15.3. The van der Waals surface area contributed by atoms with Crippen LogP contribution in [0.4, 0.5) is 0 Å². The van der Waals surface area contributed by atoms with Gasteiger partial charge in [0.05, 0.1) is 6.85 Å². The second-order valence-corrected chi connectivity index (χ2v) is 6.45. The number of ketones is 1. The minimum atomic E-state index is -2.54. The molecule has 0 aromatic heterocycles. The van der Waals surface area contributed by atoms with E-state index in [0.29, 0.717) is 4.90 Å². The molecule has 2 amide bonds. The maximum absolute atomic E-state index is 13.1. The number of hydrogen-bond donors (Lipinski definition) is 2. The first-order valence-corrected chi connectivity index (χ1v) is 8.20. The van der Waals surface area contributed by atoms with Gasteiger partial charge in [-0.1, -0.05) is 44.9 Å². The van der Waals surface area contributed by atoms with E-state index in [9.17, 15) is 19.5 Å². The van der Waals surface area contributed by atoms with Gasteiger partial charge in [0.15, 0.2) is 5.78 Å². The molecule has 0 spiro atoms. The van der Waals surface area contributed by atoms with E-state index in [0.717, 1.165) is 14.0 Å². The van der Waals surface area contributed by atoms with E-state index in [-0.39, 0.29) is 11.1 Å². The molecule has 0 saturated carbocycles. The van der Waals surface area contributed by atoms with Crippen molar-refractivity contribution in [2.75, 3.05) is 13.5 Å². The zero-order valence-electron chi connectivity index (χ0n) is 23.2. The molecule has 26 heavy (non-hydrogen) atoms. The lowest BCUT2D eigenvalue weighted by molar-refractivity contribution is -0.137. The monoisotopic (exact) mass is 368 g/mol. The summed E-state index contributed by atoms with van der Waals surface area (Å²) in [6.07, 6.45) is -3.97. The number of fused-ring (bicyclic) bond motifs is 1. The zero-order valence-corrected chi connectivity index (χ0v) is 15.2. The first-order valence-electron chi connectivity index (χ1n) is 12.2. The van der Waals surface area contributed by atoms with Crippen LogP contribution in [-0.2, 0) is 20.8 Å². The molecular formula is C20H28N2O4. The van der Waals surface area contributed by atoms with Crippen LogP contribution in [0.3, 0.4) is 0 Å². The Morgan fingerprint density at radius 1 is 1.42 bits per heavy atom. The van der Waals surface area contributed by atoms with Gasteiger partial charge in [0, 0.05) is 30.0 Å². The minimum absolute atomic E-state index is 0.192. The molecule has 0 unspecified atom stereocenters. The molecule has 1 aromatic rings. The van der Waals surface area contributed by atoms with Gasteiger partial charge in [-0.15, -0.1) is 0 Å². The van der Waals surface area contributed by atoms with E-state index >= 15 is 0 Å². The lowest BCUT2D eigenvalue weighted by Crippen LogP contribution is -2.43. The molecule has 2 rings (SSSR count). The van der Waals surface area contributed by atoms with E-state index in [1.165, 1.54) is 13.8 Å². The minimum Gasteiger partial charge on any atom is -0.385 e. The molecule has 1 aliphatic rings. The lowest BCUT2D eigenvalue weighted by atomic mass is 9.94. The largest absolute Gasteiger partial charge is 0.385 e. The van der Waals surface area contributed by atoms with Crippen LogP contribution in [0.1, 0.15) is 55.3 Å². The lowest BCUT2D eigenvalue weighted by Gasteiger charge is -2.24. The SMILES string of the molecule is [2H]c1c([2H])c([2H])c2c(c1[2H])CC([2H])([2H])N(C)C(=O)[C@H]2NC(=O)[C@]([2H])(C)CC(=O)[C@@]([2H])(O)C(C)C. The molecule has 0 fully saturated rings. The third-order valence-electron chi connectivity index (χ3n) is 4.08. The van der Waals surface area contributed by atoms with Crippen molar-refractivity contribution in [1.29, 1.82) is 0 Å². The summed E-state index contributed by atoms with van der Waals surface area (Å²) >= 11 is 0. The normalized spacial score (nSPS) is 28.3. The molecule has 6 nitrogen and oxygen atoms in total. The van der Waals surface area contributed by atoms with Crippen molar-refractivity contribution in [3.8, 4) is 0 Å². The highest BCUT2D eigenvalue weighted by Crippen LogP contribution is 2.25. The molecule has 3 atom stereocenters. The Kier molecular flexibility index (Phi) is 3.73. The second-order valence-electron chi connectivity index (χ2n) is 6.45. The number of benzene rings is 1. The highest BCUT2D eigenvalue weighted by atomic mass is 16.3. The number of hydrogen-bond acceptors (Lipinski definition) is 4. The molecular weight excluding hydrogens is 332 g/mol. The third-order valence-corrected chi connectivity index (χ3v) is 4.08. The number of carbonyl (C=O) groups is 3. The average molecular weight is 369 g/mol. The van der Waals surface area contributed by atoms with Gasteiger partial charge in [-0.2, -0.15) is 0 Å². The summed E-state index contributed by atoms with van der Waals surface area (Å²) in [4.78, 5) is 39.2. The fourth-order valence-electron chi connectivity index (χ4n) is 2.45. The zero-order chi connectivity index (χ0) is 26.5. The molecule has 142 valence electrons. The topological polar surface area (TPSA) is 86.7 Å². The number of Topliss-reactive ketones (excluding diaryl/α,β-unsaturated/α-hetero) is 1. The molecule has 1 aliphatic heterocycles. The number of likely N-dealkylation sites (N-methyl/N-ethyl adjacent to an activating group) is 1. The quantitative estimate of drug-likeness (QED) is 0.796. The van der Waals surface area contributed by atoms with Crippen molar-refractivity contribution in [3.63, 3.8) is 0 Å². The Bertz CT molecular complexity index is 1040. The van der Waals surface area contributed by atoms with Gasteiger partial charge in [-0.3, -0.25) is 14.4 Å². The predicted octanol–water partition coefficient (Wildman–Crippen LogP) is 1.47. The fourth-order valence-corrected chi connectivity index (χ4v) is 2.45. The fraction of sp³-hybridized carbons (Fsp3) is 0.550. The van der Waals surface area contributed by atoms with Crippen LogP contribution in [0, 0.1) is 11.8 Å². The number of carbonyl (C=O) groups excluding carboxylic acids is 3. The summed E-state index contributed by atoms with van der Waals surface area (Å²) in [6, 6.07) is -4.25. The number of nitrogens with zero attached hydrogens (tertiary/aromatic N) is 1. The molecule has 6 heteroatoms. The van der Waals surface area contributed by atoms with E-state index in [1.807, 2.05) is 0 Å². The van der Waals surface area contributed by atoms with Crippen LogP contribution in [-0.4, -0.2) is 47.2 Å². The van der Waals surface area contributed by atoms with Gasteiger partial charge in [-0.05, 0) is 23.5 Å². The van der Waals surface area contributed by atoms with E-state index in [1.54, 1.807) is 0 Å². The average Bonchev–Trinajstić information content (AvgIpc) is 2.79. The molecule has 2 N–H and O–H groups in total. The molecule has 0 aliphatic carbocycles. The Labute approximate surface area is 165 Å². The van der Waals surface area contributed by atoms with Gasteiger partial charge in [0.1, 0.15) is 12.1 Å². The van der Waals surface area contributed by atoms with Gasteiger partial charge in [-0.25, -0.2) is 0 Å². The van der Waals surface area contributed by atoms with E-state index in [2.05, 4.69) is 5.32 Å². The summed E-state index contributed by atoms with van der Waals surface area (Å²) in [5, 5.41) is 12.3. The van der Waals surface area contributed by atoms with Crippen molar-refractivity contribution in [2.45, 2.75) is 45.7 Å². The van der Waals surface area contributed by atoms with Crippen molar-refractivity contribution >= 4 is 17.6 Å². The van der Waals surface area contributed by atoms with Crippen molar-refractivity contribution in [1.82, 2.24) is 10.2 Å². The maximum atomic E-state index is 13.1. The molecule has 0 radical (unpaired) electrons. The molecule has 0 saturated heterocycles. The highest BCUT2D eigenvalue weighted by molar-refractivity contribution is 5.92. The standard InChI is InChI=1S/C20H28N2O4/c1-12(2)18(24)16(23)11-13(3)19(25)21-17-15-8-6-5-7-14(15)9-10-22(4)20(17)26/h5-8,12-13,17-18,24H,9-11H2,1-4H3,(H,21,25)/t13-,17+,18+/m1/s1/i5D,6D,7D,8D,10D2,13D,18D. The van der Waals surface area contributed by atoms with Crippen LogP contribution >= 0.6 is 0 Å². The first kappa shape index (κ1) is 11.5. The molecule has 0 bridgehead atoms. The molecule has 1 heterocycles. The van der Waals surface area contributed by atoms with Crippen molar-refractivity contribution in [3.05, 3.63) is 35.3 Å². The number of aliphatic hydroxyl groups is 1. The van der Waals surface area contributed by atoms with E-state index in [4.69, 9.17) is 11.0 Å². The number of rotatable bonds is 6. The van der Waals surface area contributed by atoms with Gasteiger partial charge in [0.2, 0.25) is 11.8 Å². The van der Waals surface area contributed by atoms with Crippen molar-refractivity contribution < 1.29 is 30.5 Å². The summed E-state index contributed by atoms with van der Waals surface area (Å²) < 4.78 is 64.8. The Hall–Kier alpha value is -2.21. The number of nitrogens with one attached hydrogen (secondary N) is 1. The van der Waals surface area contributed by atoms with Gasteiger partial charge >= 0.3 is 0 Å². The van der Waals surface area contributed by atoms with Crippen LogP contribution in [0.15, 0.2) is 24.2 Å². The summed E-state index contributed by atoms with van der Waals surface area (Å²) in [6.45, 7) is 1.54. The van der Waals surface area contributed by atoms with Gasteiger partial charge in [0.25, 0.3) is 0 Å². The van der Waals surface area contributed by atoms with E-state index < -0.39 is 85.0 Å². The highest BCUT2D eigenvalue weighted by Gasteiger charge is 2.32. The smallest absolute Gasteiger partial charge is 0.249 e. The number of amides is 2. The van der Waals surface area contributed by atoms with Crippen LogP contribution in [0.5, 0.6) is 0 Å². The summed E-state index contributed by atoms with van der Waals surface area (Å²) in [5.74, 6) is -6.34. The molecule has 1 aromatic carbocycles. The van der Waals surface area contributed by atoms with Gasteiger partial charge < -0.3 is 15.3 Å². The predicted molar refractivity (Wildman–Crippen MR) is 98.3 cm³/mol. The Balaban J connectivity index is 2.56. The van der Waals surface area contributed by atoms with Crippen LogP contribution < -0.4 is 5.32 Å². The second kappa shape index (κ2) is 8.45. The van der Waals surface area contributed by atoms with Crippen LogP contribution in [0.25, 0.3) is 0 Å². The summed E-state index contributed by atoms with van der Waals surface area (Å²) in [7, 11) is 1.12. The third kappa shape index (κ3) is 4.49. The summed E-state index contributed by atoms with van der Waals surface area (Å²) in [5.41, 5.74) is -0.513. The van der Waals surface area contributed by atoms with Crippen molar-refractivity contribution in [2.24, 2.45) is 11.8 Å².